The summed E-state index contributed by atoms with van der Waals surface area (Å²) in [4.78, 5) is 4.94. The summed E-state index contributed by atoms with van der Waals surface area (Å²) in [5, 5.41) is 2.53. The van der Waals surface area contributed by atoms with Gasteiger partial charge in [0.2, 0.25) is 0 Å². The maximum absolute atomic E-state index is 4.50. The van der Waals surface area contributed by atoms with E-state index in [9.17, 15) is 0 Å². The minimum atomic E-state index is 0.427. The number of nitrogens with zero attached hydrogens (tertiary/aromatic N) is 1. The van der Waals surface area contributed by atoms with Crippen LogP contribution in [0.25, 0.3) is 10.8 Å². The Bertz CT molecular complexity index is 460. The summed E-state index contributed by atoms with van der Waals surface area (Å²) < 4.78 is 0. The van der Waals surface area contributed by atoms with E-state index >= 15 is 0 Å². The second kappa shape index (κ2) is 4.31. The maximum atomic E-state index is 4.50. The average molecular weight is 264 g/mol. The zero-order chi connectivity index (χ0) is 10.8. The topological polar surface area (TPSA) is 12.9 Å². The van der Waals surface area contributed by atoms with E-state index in [1.54, 1.807) is 0 Å². The number of fused-ring (bicyclic) bond motifs is 1. The molecule has 0 radical (unpaired) electrons. The third kappa shape index (κ3) is 2.05. The second-order valence-electron chi connectivity index (χ2n) is 3.88. The molecule has 0 aliphatic heterocycles. The molecule has 2 unspecified atom stereocenters. The van der Waals surface area contributed by atoms with Crippen LogP contribution in [0.15, 0.2) is 36.5 Å². The molecule has 2 aromatic rings. The Balaban J connectivity index is 2.60. The smallest absolute Gasteiger partial charge is 0.0521 e. The van der Waals surface area contributed by atoms with Crippen molar-refractivity contribution in [2.24, 2.45) is 0 Å². The lowest BCUT2D eigenvalue weighted by Gasteiger charge is -2.15. The zero-order valence-electron chi connectivity index (χ0n) is 8.94. The van der Waals surface area contributed by atoms with Crippen LogP contribution in [0.5, 0.6) is 0 Å². The van der Waals surface area contributed by atoms with Crippen LogP contribution in [0.3, 0.4) is 0 Å². The standard InChI is InChI=1S/C13H14BrN/c1-9(10(2)14)13-12-6-4-3-5-11(12)7-8-15-13/h3-10H,1-2H3. The number of hydrogen-bond donors (Lipinski definition) is 0. The quantitative estimate of drug-likeness (QED) is 0.743. The first-order chi connectivity index (χ1) is 7.20. The Kier molecular flexibility index (Phi) is 3.06. The number of hydrogen-bond acceptors (Lipinski definition) is 1. The molecule has 0 fully saturated rings. The molecule has 0 aliphatic carbocycles. The summed E-state index contributed by atoms with van der Waals surface area (Å²) in [7, 11) is 0. The van der Waals surface area contributed by atoms with Crippen molar-refractivity contribution in [1.29, 1.82) is 0 Å². The van der Waals surface area contributed by atoms with Gasteiger partial charge in [0.25, 0.3) is 0 Å². The molecule has 0 saturated heterocycles. The number of aromatic nitrogens is 1. The van der Waals surface area contributed by atoms with E-state index in [1.165, 1.54) is 16.5 Å². The summed E-state index contributed by atoms with van der Waals surface area (Å²) in [6.07, 6.45) is 1.89. The molecule has 1 nitrogen and oxygen atoms in total. The SMILES string of the molecule is CC(Br)C(C)c1nccc2ccccc12. The minimum Gasteiger partial charge on any atom is -0.260 e. The summed E-state index contributed by atoms with van der Waals surface area (Å²) in [5.74, 6) is 0.427. The van der Waals surface area contributed by atoms with Gasteiger partial charge < -0.3 is 0 Å². The molecule has 0 bridgehead atoms. The molecule has 1 heterocycles. The van der Waals surface area contributed by atoms with Gasteiger partial charge in [-0.1, -0.05) is 54.0 Å². The van der Waals surface area contributed by atoms with Crippen LogP contribution in [-0.2, 0) is 0 Å². The summed E-state index contributed by atoms with van der Waals surface area (Å²) in [5.41, 5.74) is 1.18. The second-order valence-corrected chi connectivity index (χ2v) is 5.33. The largest absolute Gasteiger partial charge is 0.260 e. The van der Waals surface area contributed by atoms with E-state index in [2.05, 4.69) is 65.1 Å². The summed E-state index contributed by atoms with van der Waals surface area (Å²) >= 11 is 3.62. The van der Waals surface area contributed by atoms with Crippen molar-refractivity contribution in [2.45, 2.75) is 24.6 Å². The zero-order valence-corrected chi connectivity index (χ0v) is 10.5. The van der Waals surface area contributed by atoms with E-state index in [4.69, 9.17) is 0 Å². The molecule has 0 N–H and O–H groups in total. The molecule has 2 atom stereocenters. The lowest BCUT2D eigenvalue weighted by atomic mass is 9.99. The molecule has 0 amide bonds. The van der Waals surface area contributed by atoms with E-state index in [0.717, 1.165) is 0 Å². The van der Waals surface area contributed by atoms with E-state index < -0.39 is 0 Å². The lowest BCUT2D eigenvalue weighted by molar-refractivity contribution is 0.741. The third-order valence-electron chi connectivity index (χ3n) is 2.82. The molecule has 1 aromatic carbocycles. The lowest BCUT2D eigenvalue weighted by Crippen LogP contribution is -2.07. The first-order valence-corrected chi connectivity index (χ1v) is 6.09. The van der Waals surface area contributed by atoms with E-state index in [1.807, 2.05) is 6.20 Å². The highest BCUT2D eigenvalue weighted by Crippen LogP contribution is 2.28. The Morgan fingerprint density at radius 2 is 1.87 bits per heavy atom. The highest BCUT2D eigenvalue weighted by Gasteiger charge is 2.14. The fraction of sp³-hybridized carbons (Fsp3) is 0.308. The van der Waals surface area contributed by atoms with Gasteiger partial charge in [-0.15, -0.1) is 0 Å². The third-order valence-corrected chi connectivity index (χ3v) is 3.62. The monoisotopic (exact) mass is 263 g/mol. The van der Waals surface area contributed by atoms with Gasteiger partial charge in [0.1, 0.15) is 0 Å². The van der Waals surface area contributed by atoms with Crippen molar-refractivity contribution in [3.05, 3.63) is 42.2 Å². The number of halogens is 1. The normalized spacial score (nSPS) is 15.1. The molecular formula is C13H14BrN. The fourth-order valence-electron chi connectivity index (χ4n) is 1.72. The van der Waals surface area contributed by atoms with Gasteiger partial charge in [-0.25, -0.2) is 0 Å². The van der Waals surface area contributed by atoms with Gasteiger partial charge in [0.05, 0.1) is 5.69 Å². The molecule has 0 saturated carbocycles. The van der Waals surface area contributed by atoms with Gasteiger partial charge in [0, 0.05) is 22.3 Å². The van der Waals surface area contributed by atoms with Crippen LogP contribution in [0.2, 0.25) is 0 Å². The van der Waals surface area contributed by atoms with Crippen molar-refractivity contribution in [3.8, 4) is 0 Å². The number of rotatable bonds is 2. The van der Waals surface area contributed by atoms with Crippen LogP contribution >= 0.6 is 15.9 Å². The van der Waals surface area contributed by atoms with Crippen molar-refractivity contribution < 1.29 is 0 Å². The molecule has 78 valence electrons. The van der Waals surface area contributed by atoms with E-state index in [-0.39, 0.29) is 0 Å². The van der Waals surface area contributed by atoms with E-state index in [0.29, 0.717) is 10.7 Å². The maximum Gasteiger partial charge on any atom is 0.0521 e. The van der Waals surface area contributed by atoms with Crippen molar-refractivity contribution in [1.82, 2.24) is 4.98 Å². The van der Waals surface area contributed by atoms with Gasteiger partial charge in [-0.3, -0.25) is 4.98 Å². The molecule has 1 aromatic heterocycles. The number of pyridine rings is 1. The van der Waals surface area contributed by atoms with Crippen LogP contribution < -0.4 is 0 Å². The van der Waals surface area contributed by atoms with Crippen LogP contribution in [-0.4, -0.2) is 9.81 Å². The highest BCUT2D eigenvalue weighted by atomic mass is 79.9. The van der Waals surface area contributed by atoms with Gasteiger partial charge in [-0.05, 0) is 11.5 Å². The van der Waals surface area contributed by atoms with Crippen LogP contribution in [0, 0.1) is 0 Å². The Hall–Kier alpha value is -0.890. The molecule has 2 heteroatoms. The predicted molar refractivity (Wildman–Crippen MR) is 68.5 cm³/mol. The molecule has 0 spiro atoms. The van der Waals surface area contributed by atoms with Gasteiger partial charge in [0.15, 0.2) is 0 Å². The predicted octanol–water partition coefficient (Wildman–Crippen LogP) is 4.12. The number of benzene rings is 1. The number of alkyl halides is 1. The minimum absolute atomic E-state index is 0.427. The molecule has 2 rings (SSSR count). The fourth-order valence-corrected chi connectivity index (χ4v) is 1.97. The van der Waals surface area contributed by atoms with Crippen molar-refractivity contribution in [3.63, 3.8) is 0 Å². The van der Waals surface area contributed by atoms with Crippen LogP contribution in [0.4, 0.5) is 0 Å². The summed E-state index contributed by atoms with van der Waals surface area (Å²) in [6, 6.07) is 10.5. The summed E-state index contributed by atoms with van der Waals surface area (Å²) in [6.45, 7) is 4.36. The van der Waals surface area contributed by atoms with Gasteiger partial charge >= 0.3 is 0 Å². The Labute approximate surface area is 98.7 Å². The first-order valence-electron chi connectivity index (χ1n) is 5.18. The highest BCUT2D eigenvalue weighted by molar-refractivity contribution is 9.09. The molecule has 0 aliphatic rings. The van der Waals surface area contributed by atoms with Crippen LogP contribution in [0.1, 0.15) is 25.5 Å². The molecule has 15 heavy (non-hydrogen) atoms. The van der Waals surface area contributed by atoms with Gasteiger partial charge in [-0.2, -0.15) is 0 Å². The Morgan fingerprint density at radius 3 is 2.60 bits per heavy atom. The average Bonchev–Trinajstić information content (AvgIpc) is 2.27. The van der Waals surface area contributed by atoms with Crippen molar-refractivity contribution in [2.75, 3.05) is 0 Å². The Morgan fingerprint density at radius 1 is 1.13 bits per heavy atom. The molecular weight excluding hydrogens is 250 g/mol. The van der Waals surface area contributed by atoms with Crippen molar-refractivity contribution >= 4 is 26.7 Å². The first kappa shape index (κ1) is 10.6.